The fourth-order valence-corrected chi connectivity index (χ4v) is 2.96. The van der Waals surface area contributed by atoms with Crippen molar-refractivity contribution in [2.75, 3.05) is 0 Å². The predicted molar refractivity (Wildman–Crippen MR) is 50.4 cm³/mol. The lowest BCUT2D eigenvalue weighted by Gasteiger charge is -2.51. The van der Waals surface area contributed by atoms with E-state index in [2.05, 4.69) is 6.92 Å². The van der Waals surface area contributed by atoms with Crippen molar-refractivity contribution in [1.82, 2.24) is 0 Å². The van der Waals surface area contributed by atoms with E-state index in [-0.39, 0.29) is 11.2 Å². The van der Waals surface area contributed by atoms with Crippen LogP contribution < -0.4 is 0 Å². The average Bonchev–Trinajstić information content (AvgIpc) is 2.07. The molecular formula is C11H18O2. The molecule has 2 aliphatic carbocycles. The molecule has 0 aromatic carbocycles. The maximum Gasteiger partial charge on any atom is 0.135 e. The van der Waals surface area contributed by atoms with E-state index < -0.39 is 5.60 Å². The summed E-state index contributed by atoms with van der Waals surface area (Å²) in [6.45, 7) is 2.15. The molecule has 0 radical (unpaired) electrons. The van der Waals surface area contributed by atoms with Crippen molar-refractivity contribution in [2.45, 2.75) is 57.5 Å². The molecule has 2 aliphatic rings. The fourth-order valence-electron chi connectivity index (χ4n) is 2.96. The van der Waals surface area contributed by atoms with Crippen LogP contribution in [0.15, 0.2) is 0 Å². The first kappa shape index (κ1) is 9.20. The summed E-state index contributed by atoms with van der Waals surface area (Å²) in [6, 6.07) is 0. The van der Waals surface area contributed by atoms with Crippen molar-refractivity contribution in [3.63, 3.8) is 0 Å². The molecule has 2 heteroatoms. The molecule has 2 fully saturated rings. The summed E-state index contributed by atoms with van der Waals surface area (Å²) in [5, 5.41) is 10.4. The molecule has 2 rings (SSSR count). The normalized spacial score (nSPS) is 45.8. The molecule has 2 atom stereocenters. The van der Waals surface area contributed by atoms with Gasteiger partial charge in [-0.25, -0.2) is 0 Å². The molecule has 0 unspecified atom stereocenters. The molecule has 0 spiro atoms. The van der Waals surface area contributed by atoms with E-state index in [1.54, 1.807) is 0 Å². The fraction of sp³-hybridized carbons (Fsp3) is 0.909. The number of carbonyl (C=O) groups excluding carboxylic acids is 1. The minimum atomic E-state index is -0.666. The minimum absolute atomic E-state index is 0.0269. The predicted octanol–water partition coefficient (Wildman–Crippen LogP) is 2.05. The molecule has 0 aliphatic heterocycles. The summed E-state index contributed by atoms with van der Waals surface area (Å²) in [6.07, 6.45) is 6.20. The number of rotatable bonds is 0. The highest BCUT2D eigenvalue weighted by molar-refractivity contribution is 5.80. The quantitative estimate of drug-likeness (QED) is 0.622. The summed E-state index contributed by atoms with van der Waals surface area (Å²) in [5.41, 5.74) is -0.639. The number of hydrogen-bond acceptors (Lipinski definition) is 2. The highest BCUT2D eigenvalue weighted by atomic mass is 16.3. The molecule has 74 valence electrons. The van der Waals surface area contributed by atoms with Crippen LogP contribution >= 0.6 is 0 Å². The maximum absolute atomic E-state index is 11.3. The average molecular weight is 182 g/mol. The van der Waals surface area contributed by atoms with Crippen LogP contribution in [0.3, 0.4) is 0 Å². The van der Waals surface area contributed by atoms with Crippen LogP contribution in [0, 0.1) is 5.41 Å². The van der Waals surface area contributed by atoms with Gasteiger partial charge in [-0.05, 0) is 24.7 Å². The summed E-state index contributed by atoms with van der Waals surface area (Å²) < 4.78 is 0. The molecule has 0 bridgehead atoms. The van der Waals surface area contributed by atoms with E-state index in [4.69, 9.17) is 0 Å². The summed E-state index contributed by atoms with van der Waals surface area (Å²) in [5.74, 6) is 0.252. The van der Waals surface area contributed by atoms with Gasteiger partial charge in [0.25, 0.3) is 0 Å². The summed E-state index contributed by atoms with van der Waals surface area (Å²) >= 11 is 0. The van der Waals surface area contributed by atoms with Crippen LogP contribution in [0.2, 0.25) is 0 Å². The van der Waals surface area contributed by atoms with Crippen LogP contribution in [0.5, 0.6) is 0 Å². The van der Waals surface area contributed by atoms with Gasteiger partial charge in [-0.2, -0.15) is 0 Å². The largest absolute Gasteiger partial charge is 0.389 e. The lowest BCUT2D eigenvalue weighted by atomic mass is 9.57. The van der Waals surface area contributed by atoms with Gasteiger partial charge < -0.3 is 5.11 Å². The van der Waals surface area contributed by atoms with E-state index in [1.807, 2.05) is 0 Å². The first-order chi connectivity index (χ1) is 6.06. The van der Waals surface area contributed by atoms with Gasteiger partial charge in [-0.3, -0.25) is 4.79 Å². The van der Waals surface area contributed by atoms with Crippen molar-refractivity contribution in [3.05, 3.63) is 0 Å². The second-order valence-electron chi connectivity index (χ2n) is 5.01. The molecule has 2 saturated carbocycles. The number of aliphatic hydroxyl groups is 1. The van der Waals surface area contributed by atoms with Crippen molar-refractivity contribution < 1.29 is 9.90 Å². The number of Topliss-reactive ketones (excluding diaryl/α,β-unsaturated/α-hetero) is 1. The van der Waals surface area contributed by atoms with Gasteiger partial charge in [0.2, 0.25) is 0 Å². The highest BCUT2D eigenvalue weighted by Gasteiger charge is 2.51. The highest BCUT2D eigenvalue weighted by Crippen LogP contribution is 2.51. The second-order valence-corrected chi connectivity index (χ2v) is 5.01. The zero-order valence-electron chi connectivity index (χ0n) is 8.31. The topological polar surface area (TPSA) is 37.3 Å². The maximum atomic E-state index is 11.3. The van der Waals surface area contributed by atoms with Crippen LogP contribution in [0.4, 0.5) is 0 Å². The lowest BCUT2D eigenvalue weighted by molar-refractivity contribution is -0.155. The van der Waals surface area contributed by atoms with Gasteiger partial charge in [0.15, 0.2) is 0 Å². The van der Waals surface area contributed by atoms with Crippen molar-refractivity contribution in [1.29, 1.82) is 0 Å². The summed E-state index contributed by atoms with van der Waals surface area (Å²) in [4.78, 5) is 11.3. The van der Waals surface area contributed by atoms with Crippen molar-refractivity contribution >= 4 is 5.78 Å². The Kier molecular flexibility index (Phi) is 1.99. The Labute approximate surface area is 79.3 Å². The minimum Gasteiger partial charge on any atom is -0.389 e. The van der Waals surface area contributed by atoms with Gasteiger partial charge in [0, 0.05) is 12.8 Å². The summed E-state index contributed by atoms with van der Waals surface area (Å²) in [7, 11) is 0. The zero-order valence-corrected chi connectivity index (χ0v) is 8.31. The van der Waals surface area contributed by atoms with E-state index in [0.29, 0.717) is 12.8 Å². The first-order valence-electron chi connectivity index (χ1n) is 5.30. The Hall–Kier alpha value is -0.370. The molecule has 0 aromatic rings. The third kappa shape index (κ3) is 1.32. The van der Waals surface area contributed by atoms with Gasteiger partial charge in [0.05, 0.1) is 5.60 Å². The van der Waals surface area contributed by atoms with Gasteiger partial charge in [0.1, 0.15) is 5.78 Å². The SMILES string of the molecule is C[C@@]12CCCC[C@@]1(O)CC(=O)CC2. The third-order valence-corrected chi connectivity index (χ3v) is 4.14. The number of ketones is 1. The molecule has 0 saturated heterocycles. The molecule has 0 heterocycles. The van der Waals surface area contributed by atoms with E-state index in [9.17, 15) is 9.90 Å². The van der Waals surface area contributed by atoms with Gasteiger partial charge in [-0.1, -0.05) is 19.8 Å². The Morgan fingerprint density at radius 1 is 1.23 bits per heavy atom. The lowest BCUT2D eigenvalue weighted by Crippen LogP contribution is -2.53. The van der Waals surface area contributed by atoms with Gasteiger partial charge in [-0.15, -0.1) is 0 Å². The number of carbonyl (C=O) groups is 1. The number of fused-ring (bicyclic) bond motifs is 1. The third-order valence-electron chi connectivity index (χ3n) is 4.14. The van der Waals surface area contributed by atoms with Crippen LogP contribution in [-0.4, -0.2) is 16.5 Å². The van der Waals surface area contributed by atoms with E-state index in [0.717, 1.165) is 25.7 Å². The Bertz CT molecular complexity index is 236. The first-order valence-corrected chi connectivity index (χ1v) is 5.30. The molecule has 1 N–H and O–H groups in total. The van der Waals surface area contributed by atoms with E-state index >= 15 is 0 Å². The molecule has 0 aromatic heterocycles. The van der Waals surface area contributed by atoms with Crippen molar-refractivity contribution in [2.24, 2.45) is 5.41 Å². The Balaban J connectivity index is 2.25. The standard InChI is InChI=1S/C11H18O2/c1-10-5-2-3-6-11(10,13)8-9(12)4-7-10/h13H,2-8H2,1H3/t10-,11+/m0/s1. The monoisotopic (exact) mass is 182 g/mol. The Morgan fingerprint density at radius 3 is 2.69 bits per heavy atom. The van der Waals surface area contributed by atoms with Crippen LogP contribution in [0.1, 0.15) is 51.9 Å². The number of hydrogen-bond donors (Lipinski definition) is 1. The molecule has 2 nitrogen and oxygen atoms in total. The Morgan fingerprint density at radius 2 is 1.92 bits per heavy atom. The molecule has 13 heavy (non-hydrogen) atoms. The van der Waals surface area contributed by atoms with Gasteiger partial charge >= 0.3 is 0 Å². The molecular weight excluding hydrogens is 164 g/mol. The smallest absolute Gasteiger partial charge is 0.135 e. The van der Waals surface area contributed by atoms with Crippen LogP contribution in [-0.2, 0) is 4.79 Å². The second kappa shape index (κ2) is 2.81. The zero-order chi connectivity index (χ0) is 9.53. The van der Waals surface area contributed by atoms with Crippen LogP contribution in [0.25, 0.3) is 0 Å². The van der Waals surface area contributed by atoms with Crippen molar-refractivity contribution in [3.8, 4) is 0 Å². The van der Waals surface area contributed by atoms with E-state index in [1.165, 1.54) is 6.42 Å². The molecule has 0 amide bonds.